The number of hydrogen-bond acceptors (Lipinski definition) is 28. The molecule has 7 aliphatic heterocycles. The van der Waals surface area contributed by atoms with E-state index in [1.807, 2.05) is 13.8 Å². The summed E-state index contributed by atoms with van der Waals surface area (Å²) >= 11 is 14.3. The average molecular weight is 1790 g/mol. The third kappa shape index (κ3) is 20.1. The van der Waals surface area contributed by atoms with Gasteiger partial charge in [0.25, 0.3) is 0 Å². The number of aliphatic carboxylic acids is 1. The molecular weight excluding hydrogens is 1700 g/mol. The van der Waals surface area contributed by atoms with Crippen molar-refractivity contribution in [1.82, 2.24) is 47.5 Å². The number of fused-ring (bicyclic) bond motifs is 16. The van der Waals surface area contributed by atoms with E-state index in [4.69, 9.17) is 62.1 Å². The van der Waals surface area contributed by atoms with E-state index in [-0.39, 0.29) is 66.4 Å². The first-order valence-corrected chi connectivity index (χ1v) is 40.4. The lowest BCUT2D eigenvalue weighted by atomic mass is 9.84. The number of amides is 7. The number of ether oxygens (including phenoxy) is 7. The predicted octanol–water partition coefficient (Wildman–Crippen LogP) is 5.00. The Bertz CT molecular complexity index is 5490. The second-order valence-electron chi connectivity index (χ2n) is 31.5. The zero-order valence-electron chi connectivity index (χ0n) is 67.6. The number of likely N-dealkylation sites (N-methyl/N-ethyl adjacent to an activating group) is 1. The average Bonchev–Trinajstić information content (AvgIpc) is 0.763. The van der Waals surface area contributed by atoms with E-state index in [1.165, 1.54) is 38.4 Å². The SMILES string of the molecule is CN[C@H](CC(C)C)C(=O)N[C@H]1C(=O)N[C@@H](CC(N)=O)C(=O)N[C@H]2C(=O)N[C@H]3C(=O)N[C@H](C(=O)NC(C(=O)O)c4cc(O)cc(O)c4-c4cc3ccc4O)[C@H](O)c3ccc(c(Cl)c3)Oc3cc2cc(c3OC2OC(CO)C(O)C(O)C2OC2CC(C)(NCc3ccc(OCCNc4ccnc5cc(C(F)(F)F)ccc45)cc3)C(O)C(C)O2)Oc2ccc(cc2Cl)[C@H]1O. The smallest absolute Gasteiger partial charge is 0.416 e. The minimum atomic E-state index is -4.55. The normalized spacial score (nSPS) is 26.0. The third-order valence-corrected chi connectivity index (χ3v) is 22.7. The maximum absolute atomic E-state index is 16.2. The molecule has 0 aliphatic carbocycles. The number of nitrogens with two attached hydrogens (primary N) is 1. The summed E-state index contributed by atoms with van der Waals surface area (Å²) in [4.78, 5) is 122. The van der Waals surface area contributed by atoms with Crippen LogP contribution in [0.3, 0.4) is 0 Å². The van der Waals surface area contributed by atoms with Gasteiger partial charge in [-0.15, -0.1) is 0 Å². The second kappa shape index (κ2) is 38.1. The Labute approximate surface area is 725 Å². The summed E-state index contributed by atoms with van der Waals surface area (Å²) < 4.78 is 85.8. The molecule has 11 bridgehead atoms. The van der Waals surface area contributed by atoms with Crippen LogP contribution in [0.1, 0.15) is 116 Å². The summed E-state index contributed by atoms with van der Waals surface area (Å²) in [5.74, 6) is -15.9. The number of carbonyl (C=O) groups excluding carboxylic acids is 7. The molecule has 2 saturated heterocycles. The number of benzene rings is 7. The van der Waals surface area contributed by atoms with Crippen molar-refractivity contribution in [2.24, 2.45) is 11.7 Å². The number of phenols is 3. The number of rotatable bonds is 21. The van der Waals surface area contributed by atoms with Gasteiger partial charge in [0.05, 0.1) is 52.4 Å². The highest BCUT2D eigenvalue weighted by Gasteiger charge is 2.52. The molecule has 21 N–H and O–H groups in total. The van der Waals surface area contributed by atoms with Crippen molar-refractivity contribution >= 4 is 87.1 Å². The predicted molar refractivity (Wildman–Crippen MR) is 439 cm³/mol. The van der Waals surface area contributed by atoms with Crippen molar-refractivity contribution in [1.29, 1.82) is 0 Å². The number of halogens is 5. The minimum Gasteiger partial charge on any atom is -0.508 e. The molecular formula is C85H90Cl2F3N11O25. The Hall–Kier alpha value is -12.0. The standard InChI is InChI=1S/C85H90Cl2F3N11O25/c1-35(2)22-52(92-5)76(112)100-67-69(107)39-9-16-56(48(86)24-39)122-58-26-41-27-59(73(58)126-83-74(72(110)71(109)60(34-102)124-83)125-62-32-84(4,75(111)36(3)121-62)95-33-37-6-12-44(13-7-37)120-21-20-94-50-18-19-93-51-28-42(85(88,89)90)11-14-45(50)51)123-57-17-10-40(25-49(57)87)70(108)68-81(117)99-66(82(118)119)47-29-43(103)30-55(105)63(47)46-23-38(8-15-54(46)104)64(78(114)101-68)98-79(115)65(41)97-77(113)53(31-61(91)106)96-80(67)116/h6-19,23-30,35-36,52-53,60,62,64-72,74-75,83,92,95,102-105,107-111H,20-22,31-34H2,1-5H3,(H2,91,106)(H,93,94)(H,96,116)(H,97,113)(H,98,115)(H,99,117)(H,100,112)(H,101,114)(H,118,119)/t36?,52-,53+,60?,62?,64-,65-,66?,67-,68+,69-,70-,71?,72?,74?,75?,83?,84?/m1/s1. The molecule has 36 nitrogen and oxygen atoms in total. The van der Waals surface area contributed by atoms with Crippen molar-refractivity contribution in [3.63, 3.8) is 0 Å². The van der Waals surface area contributed by atoms with E-state index in [9.17, 15) is 88.2 Å². The number of pyridine rings is 1. The summed E-state index contributed by atoms with van der Waals surface area (Å²) in [5.41, 5.74) is 2.01. The Kier molecular flexibility index (Phi) is 27.7. The molecule has 10 unspecified atom stereocenters. The van der Waals surface area contributed by atoms with Crippen molar-refractivity contribution in [2.45, 2.75) is 169 Å². The molecule has 15 rings (SSSR count). The molecule has 8 heterocycles. The number of aromatic hydroxyl groups is 3. The Morgan fingerprint density at radius 1 is 0.714 bits per heavy atom. The summed E-state index contributed by atoms with van der Waals surface area (Å²) in [7, 11) is 1.46. The number of carboxylic acids is 1. The molecule has 1 aromatic heterocycles. The number of nitrogens with one attached hydrogen (secondary N) is 9. The fraction of sp³-hybridized carbons (Fsp3) is 0.376. The van der Waals surface area contributed by atoms with Crippen molar-refractivity contribution in [2.75, 3.05) is 32.1 Å². The molecule has 7 aromatic carbocycles. The van der Waals surface area contributed by atoms with Gasteiger partial charge in [0.15, 0.2) is 29.9 Å². The van der Waals surface area contributed by atoms with Gasteiger partial charge in [-0.3, -0.25) is 38.5 Å². The van der Waals surface area contributed by atoms with Crippen LogP contribution < -0.4 is 72.5 Å². The number of nitrogens with zero attached hydrogens (tertiary/aromatic N) is 1. The molecule has 7 amide bonds. The third-order valence-electron chi connectivity index (χ3n) is 22.1. The zero-order valence-corrected chi connectivity index (χ0v) is 69.1. The van der Waals surface area contributed by atoms with Gasteiger partial charge in [0.1, 0.15) is 102 Å². The first kappa shape index (κ1) is 91.7. The van der Waals surface area contributed by atoms with Gasteiger partial charge in [-0.25, -0.2) is 4.79 Å². The Balaban J connectivity index is 0.907. The highest BCUT2D eigenvalue weighted by atomic mass is 35.5. The fourth-order valence-electron chi connectivity index (χ4n) is 15.5. The summed E-state index contributed by atoms with van der Waals surface area (Å²) in [5, 5.41) is 140. The number of carbonyl (C=O) groups is 8. The number of phenolic OH excluding ortho intramolecular Hbond substituents is 3. The minimum absolute atomic E-state index is 0.0993. The largest absolute Gasteiger partial charge is 0.508 e. The van der Waals surface area contributed by atoms with Crippen LogP contribution in [0.2, 0.25) is 10.0 Å². The van der Waals surface area contributed by atoms with Crippen LogP contribution in [-0.4, -0.2) is 209 Å². The number of primary amides is 1. The Morgan fingerprint density at radius 2 is 1.37 bits per heavy atom. The molecule has 670 valence electrons. The van der Waals surface area contributed by atoms with Gasteiger partial charge in [0.2, 0.25) is 53.4 Å². The first-order chi connectivity index (χ1) is 59.8. The van der Waals surface area contributed by atoms with Crippen LogP contribution >= 0.6 is 23.2 Å². The van der Waals surface area contributed by atoms with E-state index in [2.05, 4.69) is 52.8 Å². The zero-order chi connectivity index (χ0) is 90.8. The molecule has 8 aromatic rings. The van der Waals surface area contributed by atoms with E-state index in [0.29, 0.717) is 22.4 Å². The quantitative estimate of drug-likeness (QED) is 0.0421. The van der Waals surface area contributed by atoms with Gasteiger partial charge < -0.3 is 138 Å². The van der Waals surface area contributed by atoms with Gasteiger partial charge in [-0.2, -0.15) is 13.2 Å². The van der Waals surface area contributed by atoms with Crippen LogP contribution in [0.15, 0.2) is 134 Å². The van der Waals surface area contributed by atoms with Crippen molar-refractivity contribution < 1.29 is 136 Å². The lowest BCUT2D eigenvalue weighted by Crippen LogP contribution is -2.65. The summed E-state index contributed by atoms with van der Waals surface area (Å²) in [6.45, 7) is 6.28. The van der Waals surface area contributed by atoms with E-state index < -0.39 is 254 Å². The van der Waals surface area contributed by atoms with E-state index in [1.54, 1.807) is 37.3 Å². The highest BCUT2D eigenvalue weighted by molar-refractivity contribution is 6.32. The number of hydrogen-bond donors (Lipinski definition) is 20. The molecule has 0 spiro atoms. The summed E-state index contributed by atoms with van der Waals surface area (Å²) in [6, 6.07) is 10.8. The van der Waals surface area contributed by atoms with E-state index in [0.717, 1.165) is 78.9 Å². The van der Waals surface area contributed by atoms with Crippen LogP contribution in [0, 0.1) is 5.92 Å². The van der Waals surface area contributed by atoms with Crippen LogP contribution in [0.5, 0.6) is 51.7 Å². The molecule has 2 fully saturated rings. The van der Waals surface area contributed by atoms with Gasteiger partial charge in [-0.1, -0.05) is 73.4 Å². The van der Waals surface area contributed by atoms with Gasteiger partial charge in [-0.05, 0) is 146 Å². The molecule has 0 radical (unpaired) electrons. The lowest BCUT2D eigenvalue weighted by molar-refractivity contribution is -0.334. The number of anilines is 1. The molecule has 0 saturated carbocycles. The van der Waals surface area contributed by atoms with Crippen LogP contribution in [-0.2, 0) is 65.3 Å². The first-order valence-electron chi connectivity index (χ1n) is 39.6. The molecule has 7 aliphatic rings. The number of alkyl halides is 3. The van der Waals surface area contributed by atoms with Gasteiger partial charge >= 0.3 is 12.1 Å². The maximum atomic E-state index is 16.2. The monoisotopic (exact) mass is 1790 g/mol. The molecule has 126 heavy (non-hydrogen) atoms. The second-order valence-corrected chi connectivity index (χ2v) is 32.3. The summed E-state index contributed by atoms with van der Waals surface area (Å²) in [6.07, 6.45) is -22.4. The van der Waals surface area contributed by atoms with Crippen molar-refractivity contribution in [3.8, 4) is 62.9 Å². The topological polar surface area (TPSA) is 551 Å². The maximum Gasteiger partial charge on any atom is 0.416 e. The fourth-order valence-corrected chi connectivity index (χ4v) is 15.9. The molecule has 41 heteroatoms. The van der Waals surface area contributed by atoms with E-state index >= 15 is 14.4 Å². The van der Waals surface area contributed by atoms with Crippen LogP contribution in [0.25, 0.3) is 22.0 Å². The van der Waals surface area contributed by atoms with Gasteiger partial charge in [0, 0.05) is 65.1 Å². The molecule has 18 atom stereocenters. The number of aliphatic hydroxyl groups is 6. The number of aromatic nitrogens is 1. The highest BCUT2D eigenvalue weighted by Crippen LogP contribution is 2.50. The lowest BCUT2D eigenvalue weighted by Gasteiger charge is -2.48. The number of carboxylic acid groups (broad SMARTS) is 1. The van der Waals surface area contributed by atoms with Crippen LogP contribution in [0.4, 0.5) is 18.9 Å². The Morgan fingerprint density at radius 3 is 2.00 bits per heavy atom. The van der Waals surface area contributed by atoms with Crippen molar-refractivity contribution in [3.05, 3.63) is 183 Å². The number of aliphatic hydroxyl groups excluding tert-OH is 6.